The standard InChI is InChI=1S/C16H30N2O3/c1-12(2)9-14(10-15(19)20)11-17-16(21)18-7-4-5-13(3)6-8-18/h12-14H,4-11H2,1-3H3,(H,17,21)(H,19,20)/t13?,14-/m0/s1. The summed E-state index contributed by atoms with van der Waals surface area (Å²) in [4.78, 5) is 25.0. The van der Waals surface area contributed by atoms with Gasteiger partial charge in [-0.05, 0) is 43.4 Å². The van der Waals surface area contributed by atoms with Gasteiger partial charge in [-0.1, -0.05) is 20.8 Å². The van der Waals surface area contributed by atoms with E-state index in [1.165, 1.54) is 6.42 Å². The fourth-order valence-corrected chi connectivity index (χ4v) is 2.96. The van der Waals surface area contributed by atoms with Crippen LogP contribution in [-0.4, -0.2) is 41.6 Å². The monoisotopic (exact) mass is 298 g/mol. The third-order valence-electron chi connectivity index (χ3n) is 4.11. The van der Waals surface area contributed by atoms with Crippen LogP contribution in [0.5, 0.6) is 0 Å². The van der Waals surface area contributed by atoms with E-state index in [0.717, 1.165) is 32.4 Å². The molecule has 1 unspecified atom stereocenters. The van der Waals surface area contributed by atoms with Gasteiger partial charge in [-0.3, -0.25) is 4.79 Å². The Morgan fingerprint density at radius 3 is 2.62 bits per heavy atom. The molecular weight excluding hydrogens is 268 g/mol. The van der Waals surface area contributed by atoms with Crippen molar-refractivity contribution in [1.29, 1.82) is 0 Å². The van der Waals surface area contributed by atoms with E-state index in [2.05, 4.69) is 26.1 Å². The highest BCUT2D eigenvalue weighted by Crippen LogP contribution is 2.17. The number of nitrogens with one attached hydrogen (secondary N) is 1. The number of nitrogens with zero attached hydrogens (tertiary/aromatic N) is 1. The summed E-state index contributed by atoms with van der Waals surface area (Å²) >= 11 is 0. The van der Waals surface area contributed by atoms with Crippen molar-refractivity contribution < 1.29 is 14.7 Å². The average molecular weight is 298 g/mol. The van der Waals surface area contributed by atoms with Gasteiger partial charge in [0.25, 0.3) is 0 Å². The molecule has 5 nitrogen and oxygen atoms in total. The predicted octanol–water partition coefficient (Wildman–Crippen LogP) is 2.96. The highest BCUT2D eigenvalue weighted by atomic mass is 16.4. The first-order valence-corrected chi connectivity index (χ1v) is 8.13. The van der Waals surface area contributed by atoms with E-state index in [1.807, 2.05) is 4.90 Å². The summed E-state index contributed by atoms with van der Waals surface area (Å²) in [5, 5.41) is 11.9. The Kier molecular flexibility index (Phi) is 7.54. The number of urea groups is 1. The topological polar surface area (TPSA) is 69.6 Å². The zero-order chi connectivity index (χ0) is 15.8. The van der Waals surface area contributed by atoms with Gasteiger partial charge in [0.2, 0.25) is 0 Å². The van der Waals surface area contributed by atoms with Crippen molar-refractivity contribution in [1.82, 2.24) is 10.2 Å². The predicted molar refractivity (Wildman–Crippen MR) is 83.2 cm³/mol. The minimum Gasteiger partial charge on any atom is -0.481 e. The molecule has 0 spiro atoms. The van der Waals surface area contributed by atoms with E-state index < -0.39 is 5.97 Å². The Morgan fingerprint density at radius 1 is 1.29 bits per heavy atom. The van der Waals surface area contributed by atoms with Crippen molar-refractivity contribution in [3.05, 3.63) is 0 Å². The minimum atomic E-state index is -0.793. The lowest BCUT2D eigenvalue weighted by Crippen LogP contribution is -2.42. The Balaban J connectivity index is 2.42. The number of carbonyl (C=O) groups excluding carboxylic acids is 1. The average Bonchev–Trinajstić information content (AvgIpc) is 2.59. The molecule has 0 radical (unpaired) electrons. The Morgan fingerprint density at radius 2 is 2.00 bits per heavy atom. The third-order valence-corrected chi connectivity index (χ3v) is 4.11. The number of carboxylic acids is 1. The number of hydrogen-bond acceptors (Lipinski definition) is 2. The van der Waals surface area contributed by atoms with Gasteiger partial charge in [0.1, 0.15) is 0 Å². The fourth-order valence-electron chi connectivity index (χ4n) is 2.96. The van der Waals surface area contributed by atoms with E-state index in [1.54, 1.807) is 0 Å². The first-order chi connectivity index (χ1) is 9.88. The summed E-state index contributed by atoms with van der Waals surface area (Å²) < 4.78 is 0. The van der Waals surface area contributed by atoms with Crippen molar-refractivity contribution in [2.75, 3.05) is 19.6 Å². The lowest BCUT2D eigenvalue weighted by atomic mass is 9.94. The Bertz CT molecular complexity index is 344. The molecule has 1 fully saturated rings. The highest BCUT2D eigenvalue weighted by molar-refractivity contribution is 5.74. The van der Waals surface area contributed by atoms with Crippen LogP contribution in [-0.2, 0) is 4.79 Å². The highest BCUT2D eigenvalue weighted by Gasteiger charge is 2.20. The number of amides is 2. The number of likely N-dealkylation sites (tertiary alicyclic amines) is 1. The smallest absolute Gasteiger partial charge is 0.317 e. The first-order valence-electron chi connectivity index (χ1n) is 8.13. The second-order valence-corrected chi connectivity index (χ2v) is 6.80. The van der Waals surface area contributed by atoms with Crippen LogP contribution in [0.1, 0.15) is 52.9 Å². The van der Waals surface area contributed by atoms with E-state index in [0.29, 0.717) is 18.4 Å². The molecule has 1 aliphatic rings. The molecule has 0 aromatic heterocycles. The summed E-state index contributed by atoms with van der Waals surface area (Å²) in [6.45, 7) is 8.45. The van der Waals surface area contributed by atoms with Gasteiger partial charge < -0.3 is 15.3 Å². The molecule has 0 aromatic carbocycles. The molecule has 2 N–H and O–H groups in total. The lowest BCUT2D eigenvalue weighted by Gasteiger charge is -2.23. The number of rotatable bonds is 6. The number of carboxylic acid groups (broad SMARTS) is 1. The molecule has 1 heterocycles. The summed E-state index contributed by atoms with van der Waals surface area (Å²) in [6.07, 6.45) is 4.23. The zero-order valence-electron chi connectivity index (χ0n) is 13.6. The largest absolute Gasteiger partial charge is 0.481 e. The lowest BCUT2D eigenvalue weighted by molar-refractivity contribution is -0.138. The van der Waals surface area contributed by atoms with Crippen molar-refractivity contribution in [2.45, 2.75) is 52.9 Å². The first kappa shape index (κ1) is 17.8. The third kappa shape index (κ3) is 7.34. The molecular formula is C16H30N2O3. The number of carbonyl (C=O) groups is 2. The normalized spacial score (nSPS) is 21.0. The van der Waals surface area contributed by atoms with Crippen molar-refractivity contribution >= 4 is 12.0 Å². The molecule has 1 rings (SSSR count). The maximum atomic E-state index is 12.2. The van der Waals surface area contributed by atoms with E-state index in [9.17, 15) is 9.59 Å². The van der Waals surface area contributed by atoms with Crippen molar-refractivity contribution in [3.63, 3.8) is 0 Å². The maximum absolute atomic E-state index is 12.2. The molecule has 122 valence electrons. The molecule has 0 saturated carbocycles. The minimum absolute atomic E-state index is 0.0114. The maximum Gasteiger partial charge on any atom is 0.317 e. The van der Waals surface area contributed by atoms with Gasteiger partial charge in [0.15, 0.2) is 0 Å². The molecule has 5 heteroatoms. The Hall–Kier alpha value is -1.26. The van der Waals surface area contributed by atoms with Gasteiger partial charge in [-0.2, -0.15) is 0 Å². The molecule has 0 aliphatic carbocycles. The Labute approximate surface area is 128 Å². The SMILES string of the molecule is CC(C)C[C@H](CNC(=O)N1CCCC(C)CC1)CC(=O)O. The molecule has 21 heavy (non-hydrogen) atoms. The van der Waals surface area contributed by atoms with Crippen LogP contribution in [0.15, 0.2) is 0 Å². The molecule has 0 bridgehead atoms. The quantitative estimate of drug-likeness (QED) is 0.792. The van der Waals surface area contributed by atoms with E-state index >= 15 is 0 Å². The summed E-state index contributed by atoms with van der Waals surface area (Å²) in [5.41, 5.74) is 0. The van der Waals surface area contributed by atoms with Crippen LogP contribution >= 0.6 is 0 Å². The summed E-state index contributed by atoms with van der Waals surface area (Å²) in [5.74, 6) is 0.338. The van der Waals surface area contributed by atoms with Gasteiger partial charge in [0.05, 0.1) is 0 Å². The van der Waals surface area contributed by atoms with Gasteiger partial charge in [0, 0.05) is 26.1 Å². The molecule has 2 amide bonds. The molecule has 1 saturated heterocycles. The second kappa shape index (κ2) is 8.90. The number of hydrogen-bond donors (Lipinski definition) is 2. The number of aliphatic carboxylic acids is 1. The van der Waals surface area contributed by atoms with Gasteiger partial charge in [-0.25, -0.2) is 4.79 Å². The van der Waals surface area contributed by atoms with Crippen molar-refractivity contribution in [3.8, 4) is 0 Å². The van der Waals surface area contributed by atoms with Crippen LogP contribution in [0.2, 0.25) is 0 Å². The van der Waals surface area contributed by atoms with Gasteiger partial charge in [-0.15, -0.1) is 0 Å². The van der Waals surface area contributed by atoms with Crippen LogP contribution in [0, 0.1) is 17.8 Å². The van der Waals surface area contributed by atoms with Crippen LogP contribution in [0.4, 0.5) is 4.79 Å². The van der Waals surface area contributed by atoms with Gasteiger partial charge >= 0.3 is 12.0 Å². The van der Waals surface area contributed by atoms with Crippen LogP contribution in [0.25, 0.3) is 0 Å². The summed E-state index contributed by atoms with van der Waals surface area (Å²) in [6, 6.07) is -0.0387. The molecule has 2 atom stereocenters. The van der Waals surface area contributed by atoms with E-state index in [4.69, 9.17) is 5.11 Å². The molecule has 0 aromatic rings. The van der Waals surface area contributed by atoms with E-state index in [-0.39, 0.29) is 18.4 Å². The van der Waals surface area contributed by atoms with Crippen molar-refractivity contribution in [2.24, 2.45) is 17.8 Å². The van der Waals surface area contributed by atoms with Crippen LogP contribution < -0.4 is 5.32 Å². The second-order valence-electron chi connectivity index (χ2n) is 6.80. The zero-order valence-corrected chi connectivity index (χ0v) is 13.6. The van der Waals surface area contributed by atoms with Crippen LogP contribution in [0.3, 0.4) is 0 Å². The summed E-state index contributed by atoms with van der Waals surface area (Å²) in [7, 11) is 0. The molecule has 1 aliphatic heterocycles. The fraction of sp³-hybridized carbons (Fsp3) is 0.875.